The number of phenols is 1. The van der Waals surface area contributed by atoms with E-state index in [1.165, 1.54) is 31.2 Å². The highest BCUT2D eigenvalue weighted by Crippen LogP contribution is 2.18. The molecule has 19 nitrogen and oxygen atoms in total. The fourth-order valence-corrected chi connectivity index (χ4v) is 5.54. The van der Waals surface area contributed by atoms with Gasteiger partial charge in [-0.25, -0.2) is 4.79 Å². The van der Waals surface area contributed by atoms with Gasteiger partial charge in [-0.15, -0.1) is 0 Å². The van der Waals surface area contributed by atoms with E-state index in [0.717, 1.165) is 10.5 Å². The van der Waals surface area contributed by atoms with Gasteiger partial charge in [0.05, 0.1) is 26.2 Å². The number of aliphatic hydroxyl groups excluding tert-OH is 1. The van der Waals surface area contributed by atoms with Crippen LogP contribution in [-0.2, 0) is 51.2 Å². The third-order valence-electron chi connectivity index (χ3n) is 8.38. The van der Waals surface area contributed by atoms with Crippen LogP contribution in [0.4, 0.5) is 0 Å². The SMILES string of the molecule is CC(NC(=O)C(Cc1ccc(O)cc1)NC(=O)CNC(=O)C(Cc1ccccc1)NC(=O)CN)C(=O)NCC(=O)NC(CO)C(=O)N1CCCC1C(=O)O. The lowest BCUT2D eigenvalue weighted by molar-refractivity contribution is -0.149. The molecule has 0 radical (unpaired) electrons. The second-order valence-electron chi connectivity index (χ2n) is 12.5. The number of aliphatic carboxylic acids is 1. The second-order valence-corrected chi connectivity index (χ2v) is 12.5. The Bertz CT molecular complexity index is 1660. The van der Waals surface area contributed by atoms with Gasteiger partial charge in [-0.2, -0.15) is 0 Å². The van der Waals surface area contributed by atoms with Crippen LogP contribution in [0.25, 0.3) is 0 Å². The van der Waals surface area contributed by atoms with Gasteiger partial charge in [0.25, 0.3) is 0 Å². The van der Waals surface area contributed by atoms with Gasteiger partial charge >= 0.3 is 5.97 Å². The Hall–Kier alpha value is -6.08. The molecule has 5 unspecified atom stereocenters. The number of phenolic OH excluding ortho intramolecular Hbond substituents is 1. The van der Waals surface area contributed by atoms with Gasteiger partial charge in [0.1, 0.15) is 36.0 Å². The molecule has 3 rings (SSSR count). The first-order valence-electron chi connectivity index (χ1n) is 17.1. The number of amides is 7. The highest BCUT2D eigenvalue weighted by Gasteiger charge is 2.37. The van der Waals surface area contributed by atoms with E-state index in [2.05, 4.69) is 31.9 Å². The van der Waals surface area contributed by atoms with Gasteiger partial charge in [0.15, 0.2) is 0 Å². The van der Waals surface area contributed by atoms with Crippen molar-refractivity contribution >= 4 is 47.3 Å². The van der Waals surface area contributed by atoms with Crippen molar-refractivity contribution in [1.29, 1.82) is 0 Å². The highest BCUT2D eigenvalue weighted by molar-refractivity contribution is 5.96. The Balaban J connectivity index is 1.59. The lowest BCUT2D eigenvalue weighted by Gasteiger charge is -2.26. The summed E-state index contributed by atoms with van der Waals surface area (Å²) in [6, 6.07) is 8.50. The molecule has 2 aromatic carbocycles. The Morgan fingerprint density at radius 3 is 1.85 bits per heavy atom. The fourth-order valence-electron chi connectivity index (χ4n) is 5.54. The number of hydrogen-bond donors (Lipinski definition) is 10. The number of carbonyl (C=O) groups excluding carboxylic acids is 7. The van der Waals surface area contributed by atoms with Crippen molar-refractivity contribution in [2.75, 3.05) is 32.8 Å². The van der Waals surface area contributed by atoms with Gasteiger partial charge in [0, 0.05) is 19.4 Å². The minimum Gasteiger partial charge on any atom is -0.508 e. The third-order valence-corrected chi connectivity index (χ3v) is 8.38. The largest absolute Gasteiger partial charge is 0.508 e. The molecule has 11 N–H and O–H groups in total. The third kappa shape index (κ3) is 13.2. The molecule has 0 spiro atoms. The van der Waals surface area contributed by atoms with Crippen LogP contribution >= 0.6 is 0 Å². The normalized spacial score (nSPS) is 15.8. The summed E-state index contributed by atoms with van der Waals surface area (Å²) >= 11 is 0. The number of nitrogens with one attached hydrogen (secondary N) is 6. The number of nitrogens with two attached hydrogens (primary N) is 1. The predicted octanol–water partition coefficient (Wildman–Crippen LogP) is -3.60. The number of nitrogens with zero attached hydrogens (tertiary/aromatic N) is 1. The summed E-state index contributed by atoms with van der Waals surface area (Å²) in [7, 11) is 0. The molecular formula is C35H46N8O11. The Kier molecular flexibility index (Phi) is 16.3. The van der Waals surface area contributed by atoms with Crippen LogP contribution in [0, 0.1) is 0 Å². The van der Waals surface area contributed by atoms with E-state index in [1.807, 2.05) is 0 Å². The topological polar surface area (TPSA) is 299 Å². The van der Waals surface area contributed by atoms with Crippen LogP contribution in [0.5, 0.6) is 5.75 Å². The molecule has 1 aliphatic rings. The Labute approximate surface area is 310 Å². The van der Waals surface area contributed by atoms with E-state index in [0.29, 0.717) is 12.0 Å². The smallest absolute Gasteiger partial charge is 0.326 e. The van der Waals surface area contributed by atoms with Crippen molar-refractivity contribution in [3.63, 3.8) is 0 Å². The first kappa shape index (κ1) is 42.3. The summed E-state index contributed by atoms with van der Waals surface area (Å²) in [4.78, 5) is 102. The molecule has 292 valence electrons. The number of rotatable bonds is 19. The van der Waals surface area contributed by atoms with Gasteiger partial charge in [-0.3, -0.25) is 33.6 Å². The molecule has 54 heavy (non-hydrogen) atoms. The number of aliphatic hydroxyl groups is 1. The zero-order valence-electron chi connectivity index (χ0n) is 29.6. The first-order chi connectivity index (χ1) is 25.7. The molecule has 1 heterocycles. The molecule has 7 amide bonds. The lowest BCUT2D eigenvalue weighted by Crippen LogP contribution is -2.57. The van der Waals surface area contributed by atoms with Gasteiger partial charge in [-0.1, -0.05) is 42.5 Å². The molecular weight excluding hydrogens is 708 g/mol. The van der Waals surface area contributed by atoms with Crippen LogP contribution < -0.4 is 37.6 Å². The van der Waals surface area contributed by atoms with Gasteiger partial charge in [0.2, 0.25) is 41.4 Å². The molecule has 5 atom stereocenters. The molecule has 0 aliphatic carbocycles. The van der Waals surface area contributed by atoms with Crippen LogP contribution in [0.3, 0.4) is 0 Å². The van der Waals surface area contributed by atoms with E-state index in [-0.39, 0.29) is 38.1 Å². The van der Waals surface area contributed by atoms with E-state index in [1.54, 1.807) is 30.3 Å². The number of carbonyl (C=O) groups is 8. The van der Waals surface area contributed by atoms with Gasteiger partial charge in [-0.05, 0) is 43.0 Å². The standard InChI is InChI=1S/C35H46N8O11/c1-20(31(49)37-17-30(48)42-26(19-44)34(52)43-13-5-8-27(43)35(53)54)39-33(51)25(15-22-9-11-23(45)12-10-22)41-29(47)18-38-32(50)24(40-28(46)16-36)14-21-6-3-2-4-7-21/h2-4,6-7,9-12,20,24-27,44-45H,5,8,13-19,36H2,1H3,(H,37,49)(H,38,50)(H,39,51)(H,40,46)(H,41,47)(H,42,48)(H,53,54). The summed E-state index contributed by atoms with van der Waals surface area (Å²) < 4.78 is 0. The van der Waals surface area contributed by atoms with E-state index in [9.17, 15) is 53.7 Å². The predicted molar refractivity (Wildman–Crippen MR) is 190 cm³/mol. The minimum atomic E-state index is -1.44. The molecule has 0 bridgehead atoms. The van der Waals surface area contributed by atoms with Crippen LogP contribution in [-0.4, -0.2) is 131 Å². The molecule has 0 saturated carbocycles. The van der Waals surface area contributed by atoms with Crippen molar-refractivity contribution in [1.82, 2.24) is 36.8 Å². The Morgan fingerprint density at radius 2 is 1.28 bits per heavy atom. The maximum absolute atomic E-state index is 13.4. The van der Waals surface area contributed by atoms with E-state index >= 15 is 0 Å². The number of benzene rings is 2. The molecule has 19 heteroatoms. The average molecular weight is 755 g/mol. The number of likely N-dealkylation sites (tertiary alicyclic amines) is 1. The summed E-state index contributed by atoms with van der Waals surface area (Å²) in [6.07, 6.45) is 0.688. The zero-order valence-corrected chi connectivity index (χ0v) is 29.6. The summed E-state index contributed by atoms with van der Waals surface area (Å²) in [5.41, 5.74) is 6.66. The van der Waals surface area contributed by atoms with Crippen molar-refractivity contribution < 1.29 is 53.7 Å². The minimum absolute atomic E-state index is 0.0391. The maximum atomic E-state index is 13.4. The van der Waals surface area contributed by atoms with Crippen LogP contribution in [0.15, 0.2) is 54.6 Å². The van der Waals surface area contributed by atoms with E-state index in [4.69, 9.17) is 5.73 Å². The average Bonchev–Trinajstić information content (AvgIpc) is 3.66. The molecule has 1 saturated heterocycles. The number of carboxylic acids is 1. The number of aromatic hydroxyl groups is 1. The summed E-state index contributed by atoms with van der Waals surface area (Å²) in [5.74, 6) is -6.57. The Morgan fingerprint density at radius 1 is 0.741 bits per heavy atom. The number of hydrogen-bond acceptors (Lipinski definition) is 11. The fraction of sp³-hybridized carbons (Fsp3) is 0.429. The highest BCUT2D eigenvalue weighted by atomic mass is 16.4. The first-order valence-corrected chi connectivity index (χ1v) is 17.1. The zero-order chi connectivity index (χ0) is 39.8. The van der Waals surface area contributed by atoms with Crippen LogP contribution in [0.1, 0.15) is 30.9 Å². The summed E-state index contributed by atoms with van der Waals surface area (Å²) in [6.45, 7) is -0.966. The van der Waals surface area contributed by atoms with Gasteiger partial charge < -0.3 is 57.9 Å². The lowest BCUT2D eigenvalue weighted by atomic mass is 10.0. The molecule has 1 aliphatic heterocycles. The van der Waals surface area contributed by atoms with Crippen LogP contribution in [0.2, 0.25) is 0 Å². The maximum Gasteiger partial charge on any atom is 0.326 e. The second kappa shape index (κ2) is 20.8. The quantitative estimate of drug-likeness (QED) is 0.0666. The van der Waals surface area contributed by atoms with Crippen molar-refractivity contribution in [2.24, 2.45) is 5.73 Å². The monoisotopic (exact) mass is 754 g/mol. The summed E-state index contributed by atoms with van der Waals surface area (Å²) in [5, 5.41) is 43.2. The molecule has 0 aromatic heterocycles. The molecule has 2 aromatic rings. The van der Waals surface area contributed by atoms with Crippen molar-refractivity contribution in [2.45, 2.75) is 62.8 Å². The van der Waals surface area contributed by atoms with E-state index < -0.39 is 97.2 Å². The van der Waals surface area contributed by atoms with Crippen molar-refractivity contribution in [3.05, 3.63) is 65.7 Å². The van der Waals surface area contributed by atoms with Crippen molar-refractivity contribution in [3.8, 4) is 5.75 Å². The molecule has 1 fully saturated rings. The number of carboxylic acid groups (broad SMARTS) is 1.